The molecule has 1 saturated carbocycles. The molecular formula is C11H19N3O2. The van der Waals surface area contributed by atoms with E-state index in [9.17, 15) is 9.59 Å². The zero-order valence-electron chi connectivity index (χ0n) is 9.42. The maximum atomic E-state index is 11.8. The number of nitrogens with two attached hydrogens (primary N) is 1. The van der Waals surface area contributed by atoms with Gasteiger partial charge >= 0.3 is 0 Å². The smallest absolute Gasteiger partial charge is 0.224 e. The normalized spacial score (nSPS) is 27.8. The van der Waals surface area contributed by atoms with Crippen LogP contribution in [0.1, 0.15) is 32.1 Å². The van der Waals surface area contributed by atoms with Crippen LogP contribution in [0.25, 0.3) is 0 Å². The predicted octanol–water partition coefficient (Wildman–Crippen LogP) is -0.490. The molecule has 0 spiro atoms. The lowest BCUT2D eigenvalue weighted by atomic mass is 9.77. The van der Waals surface area contributed by atoms with Gasteiger partial charge in [-0.05, 0) is 25.7 Å². The van der Waals surface area contributed by atoms with Crippen LogP contribution in [-0.2, 0) is 9.59 Å². The van der Waals surface area contributed by atoms with Crippen molar-refractivity contribution in [1.82, 2.24) is 10.6 Å². The van der Waals surface area contributed by atoms with Crippen LogP contribution in [0.4, 0.5) is 0 Å². The third-order valence-corrected chi connectivity index (χ3v) is 3.60. The monoisotopic (exact) mass is 225 g/mol. The van der Waals surface area contributed by atoms with Gasteiger partial charge in [0.2, 0.25) is 11.8 Å². The van der Waals surface area contributed by atoms with Crippen LogP contribution in [0.15, 0.2) is 0 Å². The first-order valence-corrected chi connectivity index (χ1v) is 5.92. The minimum absolute atomic E-state index is 0.0247. The van der Waals surface area contributed by atoms with Crippen LogP contribution in [0.5, 0.6) is 0 Å². The summed E-state index contributed by atoms with van der Waals surface area (Å²) in [4.78, 5) is 22.7. The van der Waals surface area contributed by atoms with Crippen LogP contribution < -0.4 is 16.4 Å². The van der Waals surface area contributed by atoms with Crippen molar-refractivity contribution in [2.75, 3.05) is 13.1 Å². The van der Waals surface area contributed by atoms with Crippen molar-refractivity contribution in [1.29, 1.82) is 0 Å². The number of rotatable bonds is 3. The Hall–Kier alpha value is -1.10. The van der Waals surface area contributed by atoms with E-state index in [0.29, 0.717) is 25.9 Å². The average Bonchev–Trinajstić information content (AvgIpc) is 2.24. The summed E-state index contributed by atoms with van der Waals surface area (Å²) in [5.74, 6) is -0.0172. The summed E-state index contributed by atoms with van der Waals surface area (Å²) in [7, 11) is 0. The van der Waals surface area contributed by atoms with E-state index in [4.69, 9.17) is 5.73 Å². The Labute approximate surface area is 95.1 Å². The standard InChI is InChI=1S/C11H19N3O2/c12-11(4-1-5-11)7-14-10(16)8-2-3-9(15)13-6-8/h8H,1-7,12H2,(H,13,15)(H,14,16). The average molecular weight is 225 g/mol. The molecule has 2 aliphatic rings. The lowest BCUT2D eigenvalue weighted by Gasteiger charge is -2.38. The molecule has 0 aromatic carbocycles. The van der Waals surface area contributed by atoms with Gasteiger partial charge in [-0.3, -0.25) is 9.59 Å². The van der Waals surface area contributed by atoms with Crippen LogP contribution in [0.3, 0.4) is 0 Å². The zero-order valence-corrected chi connectivity index (χ0v) is 9.42. The van der Waals surface area contributed by atoms with Gasteiger partial charge in [0.15, 0.2) is 0 Å². The summed E-state index contributed by atoms with van der Waals surface area (Å²) < 4.78 is 0. The highest BCUT2D eigenvalue weighted by molar-refractivity contribution is 5.83. The van der Waals surface area contributed by atoms with Crippen LogP contribution >= 0.6 is 0 Å². The Balaban J connectivity index is 1.73. The maximum Gasteiger partial charge on any atom is 0.224 e. The summed E-state index contributed by atoms with van der Waals surface area (Å²) in [5, 5.41) is 5.60. The summed E-state index contributed by atoms with van der Waals surface area (Å²) in [6.45, 7) is 1.03. The highest BCUT2D eigenvalue weighted by Gasteiger charge is 2.33. The van der Waals surface area contributed by atoms with E-state index in [1.54, 1.807) is 0 Å². The van der Waals surface area contributed by atoms with Crippen molar-refractivity contribution in [3.63, 3.8) is 0 Å². The van der Waals surface area contributed by atoms with Gasteiger partial charge in [0.1, 0.15) is 0 Å². The zero-order chi connectivity index (χ0) is 11.6. The van der Waals surface area contributed by atoms with Gasteiger partial charge in [-0.2, -0.15) is 0 Å². The van der Waals surface area contributed by atoms with Crippen molar-refractivity contribution in [3.8, 4) is 0 Å². The molecule has 0 aromatic rings. The Morgan fingerprint density at radius 2 is 2.31 bits per heavy atom. The van der Waals surface area contributed by atoms with Crippen molar-refractivity contribution in [3.05, 3.63) is 0 Å². The molecule has 5 nitrogen and oxygen atoms in total. The predicted molar refractivity (Wildman–Crippen MR) is 59.5 cm³/mol. The van der Waals surface area contributed by atoms with Crippen molar-refractivity contribution in [2.24, 2.45) is 11.7 Å². The minimum atomic E-state index is -0.173. The first kappa shape index (κ1) is 11.4. The molecule has 1 unspecified atom stereocenters. The van der Waals surface area contributed by atoms with E-state index < -0.39 is 0 Å². The second-order valence-corrected chi connectivity index (χ2v) is 4.97. The maximum absolute atomic E-state index is 11.8. The Bertz CT molecular complexity index is 290. The molecule has 1 heterocycles. The van der Waals surface area contributed by atoms with Gasteiger partial charge < -0.3 is 16.4 Å². The quantitative estimate of drug-likeness (QED) is 0.606. The third-order valence-electron chi connectivity index (χ3n) is 3.60. The Morgan fingerprint density at radius 3 is 2.81 bits per heavy atom. The van der Waals surface area contributed by atoms with E-state index in [-0.39, 0.29) is 23.3 Å². The molecule has 4 N–H and O–H groups in total. The summed E-state index contributed by atoms with van der Waals surface area (Å²) in [6.07, 6.45) is 4.25. The van der Waals surface area contributed by atoms with Gasteiger partial charge in [-0.1, -0.05) is 0 Å². The fraction of sp³-hybridized carbons (Fsp3) is 0.818. The van der Waals surface area contributed by atoms with E-state index >= 15 is 0 Å². The number of amides is 2. The van der Waals surface area contributed by atoms with Gasteiger partial charge in [0.05, 0.1) is 5.92 Å². The number of hydrogen-bond acceptors (Lipinski definition) is 3. The minimum Gasteiger partial charge on any atom is -0.355 e. The lowest BCUT2D eigenvalue weighted by Crippen LogP contribution is -2.56. The van der Waals surface area contributed by atoms with E-state index in [1.807, 2.05) is 0 Å². The van der Waals surface area contributed by atoms with Crippen LogP contribution in [-0.4, -0.2) is 30.4 Å². The number of hydrogen-bond donors (Lipinski definition) is 3. The Kier molecular flexibility index (Phi) is 3.14. The van der Waals surface area contributed by atoms with Crippen molar-refractivity contribution >= 4 is 11.8 Å². The molecule has 2 fully saturated rings. The SMILES string of the molecule is NC1(CNC(=O)C2CCC(=O)NC2)CCC1. The van der Waals surface area contributed by atoms with Gasteiger partial charge in [0, 0.05) is 25.0 Å². The first-order valence-electron chi connectivity index (χ1n) is 5.92. The molecule has 0 radical (unpaired) electrons. The van der Waals surface area contributed by atoms with E-state index in [2.05, 4.69) is 10.6 Å². The van der Waals surface area contributed by atoms with Crippen LogP contribution in [0.2, 0.25) is 0 Å². The molecule has 0 aromatic heterocycles. The fourth-order valence-corrected chi connectivity index (χ4v) is 2.17. The number of carbonyl (C=O) groups excluding carboxylic acids is 2. The topological polar surface area (TPSA) is 84.2 Å². The molecule has 16 heavy (non-hydrogen) atoms. The van der Waals surface area contributed by atoms with Gasteiger partial charge in [-0.15, -0.1) is 0 Å². The molecule has 0 bridgehead atoms. The van der Waals surface area contributed by atoms with Gasteiger partial charge in [-0.25, -0.2) is 0 Å². The summed E-state index contributed by atoms with van der Waals surface area (Å²) in [6, 6.07) is 0. The van der Waals surface area contributed by atoms with Crippen molar-refractivity contribution < 1.29 is 9.59 Å². The molecule has 2 rings (SSSR count). The van der Waals surface area contributed by atoms with Gasteiger partial charge in [0.25, 0.3) is 0 Å². The number of nitrogens with one attached hydrogen (secondary N) is 2. The molecule has 2 amide bonds. The van der Waals surface area contributed by atoms with Crippen LogP contribution in [0, 0.1) is 5.92 Å². The molecule has 90 valence electrons. The Morgan fingerprint density at radius 1 is 1.56 bits per heavy atom. The summed E-state index contributed by atoms with van der Waals surface area (Å²) in [5.41, 5.74) is 5.85. The molecule has 1 atom stereocenters. The highest BCUT2D eigenvalue weighted by atomic mass is 16.2. The van der Waals surface area contributed by atoms with E-state index in [0.717, 1.165) is 19.3 Å². The molecular weight excluding hydrogens is 206 g/mol. The highest BCUT2D eigenvalue weighted by Crippen LogP contribution is 2.28. The second kappa shape index (κ2) is 4.41. The number of piperidine rings is 1. The molecule has 1 aliphatic carbocycles. The molecule has 1 saturated heterocycles. The number of carbonyl (C=O) groups is 2. The third kappa shape index (κ3) is 2.52. The fourth-order valence-electron chi connectivity index (χ4n) is 2.17. The second-order valence-electron chi connectivity index (χ2n) is 4.97. The van der Waals surface area contributed by atoms with E-state index in [1.165, 1.54) is 0 Å². The lowest BCUT2D eigenvalue weighted by molar-refractivity contribution is -0.129. The van der Waals surface area contributed by atoms with Crippen molar-refractivity contribution in [2.45, 2.75) is 37.6 Å². The molecule has 1 aliphatic heterocycles. The molecule has 5 heteroatoms. The summed E-state index contributed by atoms with van der Waals surface area (Å²) >= 11 is 0. The largest absolute Gasteiger partial charge is 0.355 e. The first-order chi connectivity index (χ1) is 7.59.